The Labute approximate surface area is 49.7 Å². The van der Waals surface area contributed by atoms with Crippen molar-refractivity contribution in [2.24, 2.45) is 0 Å². The Morgan fingerprint density at radius 1 is 1.62 bits per heavy atom. The number of hydrogen-bond donors (Lipinski definition) is 0. The third kappa shape index (κ3) is 4.17. The largest absolute Gasteiger partial charge is 0.307 e. The minimum atomic E-state index is -1.90. The second kappa shape index (κ2) is 5.14. The minimum Gasteiger partial charge on any atom is -0.269 e. The summed E-state index contributed by atoms with van der Waals surface area (Å²) >= 11 is -1.90. The Balaban J connectivity index is 3.06. The van der Waals surface area contributed by atoms with E-state index >= 15 is 0 Å². The van der Waals surface area contributed by atoms with Crippen LogP contribution in [0, 0.1) is 0 Å². The lowest BCUT2D eigenvalue weighted by Gasteiger charge is -1.93. The van der Waals surface area contributed by atoms with Gasteiger partial charge in [-0.2, -0.15) is 4.21 Å². The molecule has 0 amide bonds. The molecule has 0 saturated heterocycles. The highest BCUT2D eigenvalue weighted by Crippen LogP contribution is 1.86. The van der Waals surface area contributed by atoms with Crippen molar-refractivity contribution in [3.05, 3.63) is 0 Å². The van der Waals surface area contributed by atoms with Crippen molar-refractivity contribution in [2.75, 3.05) is 13.5 Å². The summed E-state index contributed by atoms with van der Waals surface area (Å²) in [5, 5.41) is 0. The summed E-state index contributed by atoms with van der Waals surface area (Å²) in [6, 6.07) is 0. The van der Waals surface area contributed by atoms with Crippen LogP contribution in [0.2, 0.25) is 0 Å². The lowest BCUT2D eigenvalue weighted by Crippen LogP contribution is -1.99. The van der Waals surface area contributed by atoms with E-state index in [0.29, 0.717) is 0 Å². The highest BCUT2D eigenvalue weighted by molar-refractivity contribution is 7.75. The van der Waals surface area contributed by atoms with E-state index in [9.17, 15) is 8.60 Å². The molecule has 0 aromatic heterocycles. The first-order valence-electron chi connectivity index (χ1n) is 2.05. The van der Waals surface area contributed by atoms with Gasteiger partial charge in [-0.3, -0.25) is 4.18 Å². The van der Waals surface area contributed by atoms with Crippen molar-refractivity contribution >= 4 is 11.4 Å². The van der Waals surface area contributed by atoms with Crippen molar-refractivity contribution in [3.63, 3.8) is 0 Å². The molecule has 0 radical (unpaired) electrons. The average molecular weight is 142 g/mol. The quantitative estimate of drug-likeness (QED) is 0.574. The van der Waals surface area contributed by atoms with Gasteiger partial charge in [-0.15, -0.1) is 0 Å². The van der Waals surface area contributed by atoms with Crippen LogP contribution in [0.4, 0.5) is 4.39 Å². The Hall–Kier alpha value is -0.0000000000000000278. The number of rotatable bonds is 4. The van der Waals surface area contributed by atoms with E-state index < -0.39 is 18.2 Å². The predicted molar refractivity (Wildman–Crippen MR) is 26.8 cm³/mol. The number of alkyl halides is 1. The fourth-order valence-corrected chi connectivity index (χ4v) is 0.500. The van der Waals surface area contributed by atoms with E-state index in [1.165, 1.54) is 0 Å². The SMILES string of the molecule is CCOS(=O)OCF. The molecule has 0 spiro atoms. The van der Waals surface area contributed by atoms with Crippen LogP contribution in [0.5, 0.6) is 0 Å². The molecule has 0 N–H and O–H groups in total. The van der Waals surface area contributed by atoms with Crippen LogP contribution in [-0.2, 0) is 19.7 Å². The Morgan fingerprint density at radius 3 is 2.62 bits per heavy atom. The molecule has 1 atom stereocenters. The lowest BCUT2D eigenvalue weighted by molar-refractivity contribution is 0.177. The van der Waals surface area contributed by atoms with E-state index in [1.807, 2.05) is 0 Å². The third-order valence-corrected chi connectivity index (χ3v) is 1.06. The van der Waals surface area contributed by atoms with Crippen molar-refractivity contribution in [1.29, 1.82) is 0 Å². The van der Waals surface area contributed by atoms with Crippen LogP contribution in [0.15, 0.2) is 0 Å². The van der Waals surface area contributed by atoms with Crippen LogP contribution >= 0.6 is 0 Å². The fourth-order valence-electron chi connectivity index (χ4n) is 0.167. The minimum absolute atomic E-state index is 0.257. The van der Waals surface area contributed by atoms with Crippen LogP contribution in [-0.4, -0.2) is 17.7 Å². The van der Waals surface area contributed by atoms with Crippen LogP contribution in [0.1, 0.15) is 6.92 Å². The van der Waals surface area contributed by atoms with Gasteiger partial charge >= 0.3 is 11.4 Å². The molecule has 0 bridgehead atoms. The summed E-state index contributed by atoms with van der Waals surface area (Å²) in [6.07, 6.45) is 0. The van der Waals surface area contributed by atoms with Gasteiger partial charge in [0.25, 0.3) is 0 Å². The zero-order chi connectivity index (χ0) is 6.41. The molecular weight excluding hydrogens is 135 g/mol. The molecule has 1 unspecified atom stereocenters. The fraction of sp³-hybridized carbons (Fsp3) is 1.00. The lowest BCUT2D eigenvalue weighted by atomic mass is 10.9. The van der Waals surface area contributed by atoms with Crippen LogP contribution in [0.25, 0.3) is 0 Å². The Bertz CT molecular complexity index is 68.9. The average Bonchev–Trinajstić information content (AvgIpc) is 1.68. The van der Waals surface area contributed by atoms with Crippen LogP contribution < -0.4 is 0 Å². The second-order valence-corrected chi connectivity index (χ2v) is 1.72. The molecule has 5 heteroatoms. The maximum absolute atomic E-state index is 11.1. The summed E-state index contributed by atoms with van der Waals surface area (Å²) in [5.41, 5.74) is 0. The standard InChI is InChI=1S/C3H7FO3S/c1-2-6-8(5)7-3-4/h2-3H2,1H3. The van der Waals surface area contributed by atoms with Gasteiger partial charge in [0.2, 0.25) is 6.86 Å². The van der Waals surface area contributed by atoms with Gasteiger partial charge in [-0.1, -0.05) is 0 Å². The molecule has 0 fully saturated rings. The molecule has 0 heterocycles. The summed E-state index contributed by atoms with van der Waals surface area (Å²) in [7, 11) is 0. The van der Waals surface area contributed by atoms with Gasteiger partial charge in [0.1, 0.15) is 0 Å². The normalized spacial score (nSPS) is 13.8. The summed E-state index contributed by atoms with van der Waals surface area (Å²) in [4.78, 5) is 0. The van der Waals surface area contributed by atoms with Crippen molar-refractivity contribution in [2.45, 2.75) is 6.92 Å². The van der Waals surface area contributed by atoms with Gasteiger partial charge in [0, 0.05) is 0 Å². The summed E-state index contributed by atoms with van der Waals surface area (Å²) in [5.74, 6) is 0. The van der Waals surface area contributed by atoms with Crippen molar-refractivity contribution < 1.29 is 17.0 Å². The maximum Gasteiger partial charge on any atom is 0.307 e. The summed E-state index contributed by atoms with van der Waals surface area (Å²) < 4.78 is 29.3. The van der Waals surface area contributed by atoms with Gasteiger partial charge in [0.15, 0.2) is 0 Å². The van der Waals surface area contributed by atoms with Crippen LogP contribution in [0.3, 0.4) is 0 Å². The van der Waals surface area contributed by atoms with Gasteiger partial charge < -0.3 is 0 Å². The predicted octanol–water partition coefficient (Wildman–Crippen LogP) is 0.545. The monoisotopic (exact) mass is 142 g/mol. The van der Waals surface area contributed by atoms with Crippen molar-refractivity contribution in [3.8, 4) is 0 Å². The van der Waals surface area contributed by atoms with Gasteiger partial charge in [0.05, 0.1) is 6.61 Å². The van der Waals surface area contributed by atoms with E-state index in [-0.39, 0.29) is 6.61 Å². The zero-order valence-corrected chi connectivity index (χ0v) is 5.24. The van der Waals surface area contributed by atoms with Gasteiger partial charge in [-0.05, 0) is 6.92 Å². The number of hydrogen-bond acceptors (Lipinski definition) is 3. The zero-order valence-electron chi connectivity index (χ0n) is 4.43. The molecule has 0 aliphatic carbocycles. The smallest absolute Gasteiger partial charge is 0.269 e. The molecule has 8 heavy (non-hydrogen) atoms. The van der Waals surface area contributed by atoms with E-state index in [0.717, 1.165) is 0 Å². The Morgan fingerprint density at radius 2 is 2.25 bits per heavy atom. The van der Waals surface area contributed by atoms with E-state index in [4.69, 9.17) is 0 Å². The van der Waals surface area contributed by atoms with Gasteiger partial charge in [-0.25, -0.2) is 8.57 Å². The van der Waals surface area contributed by atoms with E-state index in [1.54, 1.807) is 6.92 Å². The first-order chi connectivity index (χ1) is 3.81. The molecule has 0 rings (SSSR count). The third-order valence-electron chi connectivity index (χ3n) is 0.355. The maximum atomic E-state index is 11.1. The molecular formula is C3H7FO3S. The molecule has 0 saturated carbocycles. The second-order valence-electron chi connectivity index (χ2n) is 0.838. The molecule has 0 aromatic carbocycles. The first-order valence-corrected chi connectivity index (χ1v) is 3.05. The molecule has 3 nitrogen and oxygen atoms in total. The molecule has 0 aromatic rings. The number of halogens is 1. The van der Waals surface area contributed by atoms with Crippen molar-refractivity contribution in [1.82, 2.24) is 0 Å². The van der Waals surface area contributed by atoms with E-state index in [2.05, 4.69) is 8.37 Å². The molecule has 0 aliphatic heterocycles. The first kappa shape index (κ1) is 8.00. The molecule has 50 valence electrons. The topological polar surface area (TPSA) is 35.5 Å². The summed E-state index contributed by atoms with van der Waals surface area (Å²) in [6.45, 7) is 0.818. The Kier molecular flexibility index (Phi) is 5.14. The highest BCUT2D eigenvalue weighted by Gasteiger charge is 1.94. The molecule has 0 aliphatic rings. The highest BCUT2D eigenvalue weighted by atomic mass is 32.2.